The van der Waals surface area contributed by atoms with Gasteiger partial charge >= 0.3 is 0 Å². The summed E-state index contributed by atoms with van der Waals surface area (Å²) in [7, 11) is 0. The molecule has 0 saturated heterocycles. The van der Waals surface area contributed by atoms with Gasteiger partial charge < -0.3 is 10.1 Å². The summed E-state index contributed by atoms with van der Waals surface area (Å²) in [5, 5.41) is 8.06. The molecule has 1 amide bonds. The molecule has 0 spiro atoms. The van der Waals surface area contributed by atoms with E-state index >= 15 is 0 Å². The summed E-state index contributed by atoms with van der Waals surface area (Å²) in [4.78, 5) is 12.5. The summed E-state index contributed by atoms with van der Waals surface area (Å²) in [6, 6.07) is 17.2. The topological polar surface area (TPSA) is 56.2 Å². The summed E-state index contributed by atoms with van der Waals surface area (Å²) in [5.74, 6) is -0.218. The lowest BCUT2D eigenvalue weighted by molar-refractivity contribution is -0.00118. The van der Waals surface area contributed by atoms with Gasteiger partial charge in [-0.05, 0) is 47.9 Å². The van der Waals surface area contributed by atoms with Crippen LogP contribution in [-0.4, -0.2) is 15.7 Å². The summed E-state index contributed by atoms with van der Waals surface area (Å²) in [6.45, 7) is 3.08. The predicted octanol–water partition coefficient (Wildman–Crippen LogP) is 4.62. The molecule has 0 unspecified atom stereocenters. The van der Waals surface area contributed by atoms with Crippen molar-refractivity contribution < 1.29 is 9.53 Å². The average Bonchev–Trinajstić information content (AvgIpc) is 3.13. The molecule has 2 heterocycles. The highest BCUT2D eigenvalue weighted by Gasteiger charge is 2.24. The van der Waals surface area contributed by atoms with Crippen LogP contribution in [0, 0.1) is 0 Å². The number of rotatable bonds is 4. The van der Waals surface area contributed by atoms with Crippen molar-refractivity contribution >= 4 is 23.2 Å². The molecule has 5 nitrogen and oxygen atoms in total. The molecule has 6 heteroatoms. The molecule has 1 atom stereocenters. The largest absolute Gasteiger partial charge is 0.365 e. The number of carbonyl (C=O) groups is 1. The first kappa shape index (κ1) is 17.8. The molecule has 2 aromatic carbocycles. The van der Waals surface area contributed by atoms with Crippen molar-refractivity contribution in [2.75, 3.05) is 5.32 Å². The molecule has 0 fully saturated rings. The highest BCUT2D eigenvalue weighted by Crippen LogP contribution is 2.27. The standard InChI is InChI=1S/C21H20ClN3O2/c1-2-14-3-9-17(10-4-14)23-21(26)19-11-18-13-27-20(12-25(18)24-19)15-5-7-16(22)8-6-15/h3-11,20H,2,12-13H2,1H3,(H,23,26)/t20-/m1/s1. The van der Waals surface area contributed by atoms with Gasteiger partial charge in [-0.15, -0.1) is 0 Å². The zero-order chi connectivity index (χ0) is 18.8. The number of anilines is 1. The SMILES string of the molecule is CCc1ccc(NC(=O)c2cc3n(n2)C[C@H](c2ccc(Cl)cc2)OC3)cc1. The third kappa shape index (κ3) is 3.89. The van der Waals surface area contributed by atoms with E-state index in [2.05, 4.69) is 17.3 Å². The molecular formula is C21H20ClN3O2. The maximum Gasteiger partial charge on any atom is 0.276 e. The molecule has 0 saturated carbocycles. The second-order valence-corrected chi connectivity index (χ2v) is 7.00. The number of aromatic nitrogens is 2. The molecule has 1 N–H and O–H groups in total. The fourth-order valence-electron chi connectivity index (χ4n) is 3.13. The summed E-state index contributed by atoms with van der Waals surface area (Å²) in [6.07, 6.45) is 0.865. The van der Waals surface area contributed by atoms with Crippen LogP contribution in [0.5, 0.6) is 0 Å². The number of benzene rings is 2. The fourth-order valence-corrected chi connectivity index (χ4v) is 3.26. The van der Waals surface area contributed by atoms with E-state index in [4.69, 9.17) is 16.3 Å². The van der Waals surface area contributed by atoms with Crippen LogP contribution >= 0.6 is 11.6 Å². The molecule has 0 radical (unpaired) electrons. The average molecular weight is 382 g/mol. The van der Waals surface area contributed by atoms with Gasteiger partial charge in [-0.1, -0.05) is 42.8 Å². The second kappa shape index (κ2) is 7.55. The Labute approximate surface area is 162 Å². The Balaban J connectivity index is 1.47. The van der Waals surface area contributed by atoms with Gasteiger partial charge in [0.05, 0.1) is 18.8 Å². The lowest BCUT2D eigenvalue weighted by Gasteiger charge is -2.24. The van der Waals surface area contributed by atoms with Crippen LogP contribution in [0.25, 0.3) is 0 Å². The van der Waals surface area contributed by atoms with Gasteiger partial charge in [0.15, 0.2) is 5.69 Å². The number of halogens is 1. The highest BCUT2D eigenvalue weighted by molar-refractivity contribution is 6.30. The number of fused-ring (bicyclic) bond motifs is 1. The minimum Gasteiger partial charge on any atom is -0.365 e. The van der Waals surface area contributed by atoms with E-state index in [1.54, 1.807) is 6.07 Å². The van der Waals surface area contributed by atoms with Crippen molar-refractivity contribution in [3.8, 4) is 0 Å². The Morgan fingerprint density at radius 2 is 1.96 bits per heavy atom. The van der Waals surface area contributed by atoms with Crippen LogP contribution in [0.1, 0.15) is 40.3 Å². The van der Waals surface area contributed by atoms with E-state index in [9.17, 15) is 4.79 Å². The van der Waals surface area contributed by atoms with Gasteiger partial charge in [-0.3, -0.25) is 9.48 Å². The minimum absolute atomic E-state index is 0.104. The molecule has 4 rings (SSSR count). The van der Waals surface area contributed by atoms with Gasteiger partial charge in [0, 0.05) is 10.7 Å². The van der Waals surface area contributed by atoms with Crippen molar-refractivity contribution in [3.05, 3.63) is 82.1 Å². The summed E-state index contributed by atoms with van der Waals surface area (Å²) >= 11 is 5.95. The van der Waals surface area contributed by atoms with E-state index in [0.29, 0.717) is 23.9 Å². The molecular weight excluding hydrogens is 362 g/mol. The van der Waals surface area contributed by atoms with E-state index in [1.807, 2.05) is 53.2 Å². The molecule has 1 aliphatic heterocycles. The first-order valence-electron chi connectivity index (χ1n) is 8.96. The number of nitrogens with zero attached hydrogens (tertiary/aromatic N) is 2. The van der Waals surface area contributed by atoms with E-state index in [-0.39, 0.29) is 12.0 Å². The molecule has 3 aromatic rings. The van der Waals surface area contributed by atoms with Crippen LogP contribution < -0.4 is 5.32 Å². The van der Waals surface area contributed by atoms with Crippen LogP contribution in [0.15, 0.2) is 54.6 Å². The van der Waals surface area contributed by atoms with Crippen LogP contribution in [0.3, 0.4) is 0 Å². The maximum absolute atomic E-state index is 12.5. The molecule has 27 heavy (non-hydrogen) atoms. The zero-order valence-electron chi connectivity index (χ0n) is 15.0. The van der Waals surface area contributed by atoms with E-state index < -0.39 is 0 Å². The van der Waals surface area contributed by atoms with Gasteiger partial charge in [0.2, 0.25) is 0 Å². The smallest absolute Gasteiger partial charge is 0.276 e. The summed E-state index contributed by atoms with van der Waals surface area (Å²) < 4.78 is 7.78. The Morgan fingerprint density at radius 3 is 2.67 bits per heavy atom. The molecule has 1 aromatic heterocycles. The first-order chi connectivity index (χ1) is 13.1. The van der Waals surface area contributed by atoms with Crippen molar-refractivity contribution in [1.82, 2.24) is 9.78 Å². The first-order valence-corrected chi connectivity index (χ1v) is 9.34. The van der Waals surface area contributed by atoms with Crippen molar-refractivity contribution in [3.63, 3.8) is 0 Å². The molecule has 1 aliphatic rings. The molecule has 0 aliphatic carbocycles. The second-order valence-electron chi connectivity index (χ2n) is 6.56. The Hall–Kier alpha value is -2.63. The maximum atomic E-state index is 12.5. The van der Waals surface area contributed by atoms with Gasteiger partial charge in [-0.25, -0.2) is 0 Å². The number of nitrogens with one attached hydrogen (secondary N) is 1. The van der Waals surface area contributed by atoms with E-state index in [1.165, 1.54) is 5.56 Å². The van der Waals surface area contributed by atoms with Crippen LogP contribution in [0.2, 0.25) is 5.02 Å². The molecule has 0 bridgehead atoms. The Kier molecular flexibility index (Phi) is 4.97. The van der Waals surface area contributed by atoms with E-state index in [0.717, 1.165) is 23.4 Å². The number of aryl methyl sites for hydroxylation is 1. The number of ether oxygens (including phenoxy) is 1. The van der Waals surface area contributed by atoms with Crippen LogP contribution in [0.4, 0.5) is 5.69 Å². The van der Waals surface area contributed by atoms with Crippen molar-refractivity contribution in [1.29, 1.82) is 0 Å². The van der Waals surface area contributed by atoms with Gasteiger partial charge in [0.25, 0.3) is 5.91 Å². The Morgan fingerprint density at radius 1 is 1.22 bits per heavy atom. The lowest BCUT2D eigenvalue weighted by atomic mass is 10.1. The third-order valence-electron chi connectivity index (χ3n) is 4.73. The molecule has 138 valence electrons. The predicted molar refractivity (Wildman–Crippen MR) is 105 cm³/mol. The van der Waals surface area contributed by atoms with Crippen LogP contribution in [-0.2, 0) is 24.3 Å². The van der Waals surface area contributed by atoms with Crippen molar-refractivity contribution in [2.45, 2.75) is 32.6 Å². The minimum atomic E-state index is -0.218. The lowest BCUT2D eigenvalue weighted by Crippen LogP contribution is -2.22. The zero-order valence-corrected chi connectivity index (χ0v) is 15.7. The third-order valence-corrected chi connectivity index (χ3v) is 4.98. The number of hydrogen-bond acceptors (Lipinski definition) is 3. The van der Waals surface area contributed by atoms with Crippen molar-refractivity contribution in [2.24, 2.45) is 0 Å². The Bertz CT molecular complexity index is 949. The fraction of sp³-hybridized carbons (Fsp3) is 0.238. The number of carbonyl (C=O) groups excluding carboxylic acids is 1. The summed E-state index contributed by atoms with van der Waals surface area (Å²) in [5.41, 5.74) is 4.33. The highest BCUT2D eigenvalue weighted by atomic mass is 35.5. The van der Waals surface area contributed by atoms with Gasteiger partial charge in [0.1, 0.15) is 6.10 Å². The number of hydrogen-bond donors (Lipinski definition) is 1. The monoisotopic (exact) mass is 381 g/mol. The number of amides is 1. The van der Waals surface area contributed by atoms with Gasteiger partial charge in [-0.2, -0.15) is 5.10 Å². The normalized spacial score (nSPS) is 16.0. The quantitative estimate of drug-likeness (QED) is 0.717.